The van der Waals surface area contributed by atoms with Crippen LogP contribution in [0.1, 0.15) is 25.8 Å². The van der Waals surface area contributed by atoms with Crippen molar-refractivity contribution in [1.29, 1.82) is 5.26 Å². The Kier molecular flexibility index (Phi) is 5.86. The Bertz CT molecular complexity index is 573. The van der Waals surface area contributed by atoms with Crippen molar-refractivity contribution in [2.45, 2.75) is 36.1 Å². The molecule has 0 aliphatic rings. The molecule has 0 radical (unpaired) electrons. The molecule has 0 fully saturated rings. The van der Waals surface area contributed by atoms with E-state index in [-0.39, 0.29) is 6.04 Å². The molecule has 0 amide bonds. The van der Waals surface area contributed by atoms with Crippen LogP contribution in [0.25, 0.3) is 0 Å². The molecule has 1 unspecified atom stereocenters. The number of hydrogen-bond acceptors (Lipinski definition) is 4. The maximum Gasteiger partial charge on any atom is 0.133 e. The van der Waals surface area contributed by atoms with E-state index in [0.29, 0.717) is 0 Å². The predicted octanol–water partition coefficient (Wildman–Crippen LogP) is 4.65. The van der Waals surface area contributed by atoms with E-state index in [2.05, 4.69) is 42.7 Å². The molecular weight excluding hydrogens is 296 g/mol. The Labute approximate surface area is 135 Å². The summed E-state index contributed by atoms with van der Waals surface area (Å²) in [4.78, 5) is 0. The maximum atomic E-state index is 9.82. The number of nitrogens with one attached hydrogen (secondary N) is 1. The molecule has 0 saturated carbocycles. The second-order valence-electron chi connectivity index (χ2n) is 5.21. The second kappa shape index (κ2) is 7.65. The van der Waals surface area contributed by atoms with Gasteiger partial charge in [0, 0.05) is 11.8 Å². The first-order valence-electron chi connectivity index (χ1n) is 7.07. The molecule has 1 heterocycles. The Morgan fingerprint density at radius 2 is 2.00 bits per heavy atom. The van der Waals surface area contributed by atoms with Crippen molar-refractivity contribution < 1.29 is 0 Å². The van der Waals surface area contributed by atoms with Crippen molar-refractivity contribution in [3.05, 3.63) is 53.4 Å². The van der Waals surface area contributed by atoms with E-state index in [1.54, 1.807) is 11.3 Å². The zero-order valence-corrected chi connectivity index (χ0v) is 14.0. The molecule has 0 aliphatic carbocycles. The predicted molar refractivity (Wildman–Crippen MR) is 91.7 cm³/mol. The highest BCUT2D eigenvalue weighted by Crippen LogP contribution is 2.31. The molecule has 4 heteroatoms. The number of benzene rings is 1. The highest BCUT2D eigenvalue weighted by Gasteiger charge is 2.32. The minimum atomic E-state index is -0.611. The summed E-state index contributed by atoms with van der Waals surface area (Å²) in [6, 6.07) is 17.0. The zero-order valence-electron chi connectivity index (χ0n) is 12.4. The molecule has 1 atom stereocenters. The largest absolute Gasteiger partial charge is 0.293 e. The lowest BCUT2D eigenvalue weighted by atomic mass is 9.88. The highest BCUT2D eigenvalue weighted by molar-refractivity contribution is 8.01. The molecule has 1 N–H and O–H groups in total. The Morgan fingerprint density at radius 3 is 2.57 bits per heavy atom. The van der Waals surface area contributed by atoms with Gasteiger partial charge in [-0.1, -0.05) is 36.4 Å². The quantitative estimate of drug-likeness (QED) is 0.755. The first kappa shape index (κ1) is 16.1. The highest BCUT2D eigenvalue weighted by atomic mass is 32.2. The van der Waals surface area contributed by atoms with Gasteiger partial charge in [-0.25, -0.2) is 0 Å². The van der Waals surface area contributed by atoms with Crippen molar-refractivity contribution in [1.82, 2.24) is 5.32 Å². The lowest BCUT2D eigenvalue weighted by molar-refractivity contribution is 0.378. The minimum Gasteiger partial charge on any atom is -0.293 e. The minimum absolute atomic E-state index is 0.261. The van der Waals surface area contributed by atoms with E-state index in [9.17, 15) is 5.26 Å². The Hall–Kier alpha value is -1.28. The van der Waals surface area contributed by atoms with Crippen molar-refractivity contribution in [3.63, 3.8) is 0 Å². The summed E-state index contributed by atoms with van der Waals surface area (Å²) >= 11 is 3.57. The van der Waals surface area contributed by atoms with Gasteiger partial charge in [0.1, 0.15) is 5.54 Å². The smallest absolute Gasteiger partial charge is 0.133 e. The van der Waals surface area contributed by atoms with Gasteiger partial charge in [0.2, 0.25) is 0 Å². The number of thioether (sulfide) groups is 1. The van der Waals surface area contributed by atoms with Gasteiger partial charge in [0.15, 0.2) is 0 Å². The van der Waals surface area contributed by atoms with Gasteiger partial charge in [-0.2, -0.15) is 5.26 Å². The summed E-state index contributed by atoms with van der Waals surface area (Å²) in [5, 5.41) is 15.4. The van der Waals surface area contributed by atoms with Gasteiger partial charge < -0.3 is 0 Å². The molecule has 0 bridgehead atoms. The fourth-order valence-electron chi connectivity index (χ4n) is 2.32. The summed E-state index contributed by atoms with van der Waals surface area (Å²) in [6.45, 7) is 4.17. The second-order valence-corrected chi connectivity index (χ2v) is 7.56. The molecule has 21 heavy (non-hydrogen) atoms. The summed E-state index contributed by atoms with van der Waals surface area (Å²) in [5.74, 6) is 0.919. The average Bonchev–Trinajstić information content (AvgIpc) is 3.00. The summed E-state index contributed by atoms with van der Waals surface area (Å²) in [5.41, 5.74) is 0.438. The van der Waals surface area contributed by atoms with E-state index in [1.807, 2.05) is 42.1 Å². The third-order valence-electron chi connectivity index (χ3n) is 3.21. The van der Waals surface area contributed by atoms with Crippen molar-refractivity contribution in [2.75, 3.05) is 5.75 Å². The van der Waals surface area contributed by atoms with Crippen LogP contribution in [0, 0.1) is 11.3 Å². The molecular formula is C17H20N2S2. The average molecular weight is 316 g/mol. The first-order valence-corrected chi connectivity index (χ1v) is 8.93. The molecule has 1 aromatic heterocycles. The van der Waals surface area contributed by atoms with Crippen molar-refractivity contribution >= 4 is 23.1 Å². The molecule has 2 aromatic rings. The van der Waals surface area contributed by atoms with Gasteiger partial charge in [-0.15, -0.1) is 23.1 Å². The SMILES string of the molecule is CC(C)NC(C#N)(CCSc1cccs1)c1ccccc1. The number of hydrogen-bond donors (Lipinski definition) is 1. The van der Waals surface area contributed by atoms with Crippen molar-refractivity contribution in [2.24, 2.45) is 0 Å². The number of rotatable bonds is 7. The topological polar surface area (TPSA) is 35.8 Å². The lowest BCUT2D eigenvalue weighted by Crippen LogP contribution is -2.45. The zero-order chi connectivity index (χ0) is 15.1. The van der Waals surface area contributed by atoms with Crippen LogP contribution in [0.4, 0.5) is 0 Å². The molecule has 0 aliphatic heterocycles. The van der Waals surface area contributed by atoms with E-state index in [4.69, 9.17) is 0 Å². The first-order chi connectivity index (χ1) is 10.2. The van der Waals surface area contributed by atoms with Crippen LogP contribution in [-0.4, -0.2) is 11.8 Å². The van der Waals surface area contributed by atoms with Crippen LogP contribution >= 0.6 is 23.1 Å². The standard InChI is InChI=1S/C17H20N2S2/c1-14(2)19-17(13-18,15-7-4-3-5-8-15)10-12-21-16-9-6-11-20-16/h3-9,11,14,19H,10,12H2,1-2H3. The van der Waals surface area contributed by atoms with Gasteiger partial charge in [-0.05, 0) is 37.3 Å². The fraction of sp³-hybridized carbons (Fsp3) is 0.353. The number of thiophene rings is 1. The maximum absolute atomic E-state index is 9.82. The Morgan fingerprint density at radius 1 is 1.24 bits per heavy atom. The fourth-order valence-corrected chi connectivity index (χ4v) is 4.24. The van der Waals surface area contributed by atoms with E-state index < -0.39 is 5.54 Å². The van der Waals surface area contributed by atoms with E-state index in [0.717, 1.165) is 17.7 Å². The van der Waals surface area contributed by atoms with Crippen LogP contribution in [0.3, 0.4) is 0 Å². The molecule has 2 rings (SSSR count). The molecule has 0 saturated heterocycles. The Balaban J connectivity index is 2.13. The van der Waals surface area contributed by atoms with Gasteiger partial charge in [-0.3, -0.25) is 5.32 Å². The van der Waals surface area contributed by atoms with E-state index >= 15 is 0 Å². The van der Waals surface area contributed by atoms with Crippen molar-refractivity contribution in [3.8, 4) is 6.07 Å². The third kappa shape index (κ3) is 4.34. The van der Waals surface area contributed by atoms with Gasteiger partial charge in [0.05, 0.1) is 10.3 Å². The summed E-state index contributed by atoms with van der Waals surface area (Å²) in [6.07, 6.45) is 0.786. The monoisotopic (exact) mass is 316 g/mol. The normalized spacial score (nSPS) is 13.8. The van der Waals surface area contributed by atoms with Crippen LogP contribution in [0.5, 0.6) is 0 Å². The summed E-state index contributed by atoms with van der Waals surface area (Å²) < 4.78 is 1.31. The van der Waals surface area contributed by atoms with Gasteiger partial charge in [0.25, 0.3) is 0 Å². The lowest BCUT2D eigenvalue weighted by Gasteiger charge is -2.30. The molecule has 2 nitrogen and oxygen atoms in total. The number of nitriles is 1. The molecule has 1 aromatic carbocycles. The van der Waals surface area contributed by atoms with Crippen LogP contribution in [0.2, 0.25) is 0 Å². The van der Waals surface area contributed by atoms with E-state index in [1.165, 1.54) is 4.21 Å². The third-order valence-corrected chi connectivity index (χ3v) is 5.34. The van der Waals surface area contributed by atoms with Crippen LogP contribution in [0.15, 0.2) is 52.1 Å². The number of nitrogens with zero attached hydrogens (tertiary/aromatic N) is 1. The summed E-state index contributed by atoms with van der Waals surface area (Å²) in [7, 11) is 0. The van der Waals surface area contributed by atoms with Gasteiger partial charge >= 0.3 is 0 Å². The van der Waals surface area contributed by atoms with Crippen LogP contribution in [-0.2, 0) is 5.54 Å². The molecule has 0 spiro atoms. The van der Waals surface area contributed by atoms with Crippen LogP contribution < -0.4 is 5.32 Å². The molecule has 110 valence electrons.